The van der Waals surface area contributed by atoms with Crippen molar-refractivity contribution in [2.45, 2.75) is 37.8 Å². The van der Waals surface area contributed by atoms with Crippen LogP contribution in [0.1, 0.15) is 47.5 Å². The maximum atomic E-state index is 12.2. The van der Waals surface area contributed by atoms with Crippen molar-refractivity contribution < 1.29 is 32.6 Å². The summed E-state index contributed by atoms with van der Waals surface area (Å²) in [4.78, 5) is 22.9. The number of ether oxygens (including phenoxy) is 1. The first-order valence-corrected chi connectivity index (χ1v) is 7.89. The Bertz CT molecular complexity index is 558. The predicted molar refractivity (Wildman–Crippen MR) is 85.1 cm³/mol. The summed E-state index contributed by atoms with van der Waals surface area (Å²) in [7, 11) is 1.26. The molecular formula is C17H22F3NO4. The SMILES string of the molecule is COC(=O)CCNC(=O)c1ccc(C(CO)CCCC(F)(F)F)cc1. The fourth-order valence-corrected chi connectivity index (χ4v) is 2.30. The Labute approximate surface area is 144 Å². The molecule has 0 aliphatic heterocycles. The standard InChI is InChI=1S/C17H22F3NO4/c1-25-15(23)8-10-21-16(24)13-6-4-12(5-7-13)14(11-22)3-2-9-17(18,19)20/h4-7,14,22H,2-3,8-11H2,1H3,(H,21,24). The number of rotatable bonds is 9. The van der Waals surface area contributed by atoms with Gasteiger partial charge in [0.15, 0.2) is 0 Å². The highest BCUT2D eigenvalue weighted by Crippen LogP contribution is 2.27. The van der Waals surface area contributed by atoms with Crippen molar-refractivity contribution in [2.75, 3.05) is 20.3 Å². The summed E-state index contributed by atoms with van der Waals surface area (Å²) in [5.41, 5.74) is 1.04. The highest BCUT2D eigenvalue weighted by molar-refractivity contribution is 5.94. The lowest BCUT2D eigenvalue weighted by Gasteiger charge is -2.15. The molecular weight excluding hydrogens is 339 g/mol. The van der Waals surface area contributed by atoms with Gasteiger partial charge >= 0.3 is 12.1 Å². The van der Waals surface area contributed by atoms with Gasteiger partial charge in [-0.3, -0.25) is 9.59 Å². The average Bonchev–Trinajstić information content (AvgIpc) is 2.57. The monoisotopic (exact) mass is 361 g/mol. The van der Waals surface area contributed by atoms with Crippen molar-refractivity contribution in [3.63, 3.8) is 0 Å². The lowest BCUT2D eigenvalue weighted by atomic mass is 9.93. The number of carbonyl (C=O) groups is 2. The Kier molecular flexibility index (Phi) is 8.40. The van der Waals surface area contributed by atoms with E-state index in [4.69, 9.17) is 0 Å². The number of esters is 1. The zero-order valence-electron chi connectivity index (χ0n) is 13.9. The van der Waals surface area contributed by atoms with E-state index in [9.17, 15) is 27.9 Å². The molecule has 0 bridgehead atoms. The van der Waals surface area contributed by atoms with E-state index in [1.807, 2.05) is 0 Å². The second kappa shape index (κ2) is 10.0. The van der Waals surface area contributed by atoms with Crippen LogP contribution in [0.5, 0.6) is 0 Å². The lowest BCUT2D eigenvalue weighted by Crippen LogP contribution is -2.26. The zero-order chi connectivity index (χ0) is 18.9. The van der Waals surface area contributed by atoms with E-state index in [1.165, 1.54) is 19.2 Å². The minimum atomic E-state index is -4.20. The Morgan fingerprint density at radius 2 is 1.88 bits per heavy atom. The molecule has 0 radical (unpaired) electrons. The van der Waals surface area contributed by atoms with Gasteiger partial charge in [0.05, 0.1) is 13.5 Å². The summed E-state index contributed by atoms with van der Waals surface area (Å²) < 4.78 is 41.0. The first-order valence-electron chi connectivity index (χ1n) is 7.89. The number of nitrogens with one attached hydrogen (secondary N) is 1. The molecule has 8 heteroatoms. The van der Waals surface area contributed by atoms with E-state index in [0.29, 0.717) is 11.1 Å². The van der Waals surface area contributed by atoms with Crippen LogP contribution in [0.4, 0.5) is 13.2 Å². The van der Waals surface area contributed by atoms with E-state index >= 15 is 0 Å². The maximum absolute atomic E-state index is 12.2. The van der Waals surface area contributed by atoms with E-state index in [0.717, 1.165) is 0 Å². The molecule has 2 N–H and O–H groups in total. The Hall–Kier alpha value is -2.09. The van der Waals surface area contributed by atoms with Gasteiger partial charge in [0.1, 0.15) is 0 Å². The van der Waals surface area contributed by atoms with Gasteiger partial charge in [-0.2, -0.15) is 13.2 Å². The molecule has 25 heavy (non-hydrogen) atoms. The molecule has 0 aliphatic carbocycles. The number of aliphatic hydroxyl groups is 1. The molecule has 1 aromatic carbocycles. The average molecular weight is 361 g/mol. The lowest BCUT2D eigenvalue weighted by molar-refractivity contribution is -0.140. The van der Waals surface area contributed by atoms with Crippen molar-refractivity contribution >= 4 is 11.9 Å². The van der Waals surface area contributed by atoms with E-state index in [-0.39, 0.29) is 38.3 Å². The van der Waals surface area contributed by atoms with Gasteiger partial charge < -0.3 is 15.2 Å². The Balaban J connectivity index is 2.55. The summed E-state index contributed by atoms with van der Waals surface area (Å²) in [6.45, 7) is -0.119. The number of methoxy groups -OCH3 is 1. The summed E-state index contributed by atoms with van der Waals surface area (Å²) in [5, 5.41) is 11.9. The summed E-state index contributed by atoms with van der Waals surface area (Å²) >= 11 is 0. The summed E-state index contributed by atoms with van der Waals surface area (Å²) in [5.74, 6) is -1.20. The molecule has 0 aliphatic rings. The van der Waals surface area contributed by atoms with Crippen LogP contribution in [0.2, 0.25) is 0 Å². The molecule has 0 aromatic heterocycles. The number of carbonyl (C=O) groups excluding carboxylic acids is 2. The smallest absolute Gasteiger partial charge is 0.389 e. The van der Waals surface area contributed by atoms with Crippen molar-refractivity contribution in [2.24, 2.45) is 0 Å². The molecule has 1 aromatic rings. The molecule has 5 nitrogen and oxygen atoms in total. The number of benzene rings is 1. The minimum absolute atomic E-state index is 0.0616. The molecule has 0 spiro atoms. The van der Waals surface area contributed by atoms with Crippen LogP contribution >= 0.6 is 0 Å². The van der Waals surface area contributed by atoms with Crippen molar-refractivity contribution in [1.29, 1.82) is 0 Å². The van der Waals surface area contributed by atoms with E-state index in [1.54, 1.807) is 12.1 Å². The van der Waals surface area contributed by atoms with Gasteiger partial charge in [-0.05, 0) is 30.5 Å². The summed E-state index contributed by atoms with van der Waals surface area (Å²) in [6, 6.07) is 6.30. The number of amides is 1. The first-order chi connectivity index (χ1) is 11.8. The Morgan fingerprint density at radius 3 is 2.40 bits per heavy atom. The third-order valence-electron chi connectivity index (χ3n) is 3.72. The van der Waals surface area contributed by atoms with Crippen LogP contribution < -0.4 is 5.32 Å². The van der Waals surface area contributed by atoms with Gasteiger partial charge in [-0.25, -0.2) is 0 Å². The molecule has 1 rings (SSSR count). The zero-order valence-corrected chi connectivity index (χ0v) is 13.9. The van der Waals surface area contributed by atoms with Crippen LogP contribution in [0.15, 0.2) is 24.3 Å². The molecule has 140 valence electrons. The first kappa shape index (κ1) is 21.0. The van der Waals surface area contributed by atoms with Gasteiger partial charge in [-0.1, -0.05) is 12.1 Å². The third-order valence-corrected chi connectivity index (χ3v) is 3.72. The van der Waals surface area contributed by atoms with E-state index in [2.05, 4.69) is 10.1 Å². The second-order valence-corrected chi connectivity index (χ2v) is 5.59. The number of alkyl halides is 3. The quantitative estimate of drug-likeness (QED) is 0.663. The van der Waals surface area contributed by atoms with Crippen LogP contribution in [0.25, 0.3) is 0 Å². The maximum Gasteiger partial charge on any atom is 0.389 e. The number of aliphatic hydroxyl groups excluding tert-OH is 1. The largest absolute Gasteiger partial charge is 0.469 e. The molecule has 0 heterocycles. The fourth-order valence-electron chi connectivity index (χ4n) is 2.30. The fraction of sp³-hybridized carbons (Fsp3) is 0.529. The van der Waals surface area contributed by atoms with Crippen molar-refractivity contribution in [1.82, 2.24) is 5.32 Å². The van der Waals surface area contributed by atoms with Crippen molar-refractivity contribution in [3.05, 3.63) is 35.4 Å². The van der Waals surface area contributed by atoms with E-state index < -0.39 is 24.5 Å². The van der Waals surface area contributed by atoms with Crippen molar-refractivity contribution in [3.8, 4) is 0 Å². The molecule has 1 unspecified atom stereocenters. The van der Waals surface area contributed by atoms with Gasteiger partial charge in [-0.15, -0.1) is 0 Å². The van der Waals surface area contributed by atoms with Crippen LogP contribution in [0, 0.1) is 0 Å². The third kappa shape index (κ3) is 8.02. The molecule has 1 atom stereocenters. The molecule has 1 amide bonds. The van der Waals surface area contributed by atoms with Gasteiger partial charge in [0.25, 0.3) is 5.91 Å². The van der Waals surface area contributed by atoms with Crippen LogP contribution in [-0.2, 0) is 9.53 Å². The minimum Gasteiger partial charge on any atom is -0.469 e. The second-order valence-electron chi connectivity index (χ2n) is 5.59. The number of hydrogen-bond donors (Lipinski definition) is 2. The summed E-state index contributed by atoms with van der Waals surface area (Å²) in [6.07, 6.45) is -4.88. The predicted octanol–water partition coefficient (Wildman–Crippen LogP) is 2.79. The van der Waals surface area contributed by atoms with Crippen LogP contribution in [0.3, 0.4) is 0 Å². The normalized spacial score (nSPS) is 12.5. The Morgan fingerprint density at radius 1 is 1.24 bits per heavy atom. The molecule has 0 saturated carbocycles. The topological polar surface area (TPSA) is 75.6 Å². The number of halogens is 3. The van der Waals surface area contributed by atoms with Crippen LogP contribution in [-0.4, -0.2) is 43.4 Å². The highest BCUT2D eigenvalue weighted by atomic mass is 19.4. The molecule has 0 saturated heterocycles. The molecule has 0 fully saturated rings. The highest BCUT2D eigenvalue weighted by Gasteiger charge is 2.26. The number of hydrogen-bond acceptors (Lipinski definition) is 4. The van der Waals surface area contributed by atoms with Gasteiger partial charge in [0, 0.05) is 31.1 Å². The van der Waals surface area contributed by atoms with Gasteiger partial charge in [0.2, 0.25) is 0 Å².